The molecule has 0 atom stereocenters. The predicted octanol–water partition coefficient (Wildman–Crippen LogP) is 6.40. The first-order valence-corrected chi connectivity index (χ1v) is 12.3. The fraction of sp³-hybridized carbons (Fsp3) is 0.129. The van der Waals surface area contributed by atoms with Gasteiger partial charge in [0, 0.05) is 11.6 Å². The van der Waals surface area contributed by atoms with Gasteiger partial charge in [-0.2, -0.15) is 4.57 Å². The van der Waals surface area contributed by atoms with Crippen molar-refractivity contribution in [3.8, 4) is 17.1 Å². The molecule has 0 saturated carbocycles. The van der Waals surface area contributed by atoms with Crippen LogP contribution in [-0.4, -0.2) is 18.9 Å². The van der Waals surface area contributed by atoms with Gasteiger partial charge in [-0.25, -0.2) is 14.5 Å². The van der Waals surface area contributed by atoms with Crippen molar-refractivity contribution in [2.75, 3.05) is 0 Å². The van der Waals surface area contributed by atoms with Crippen LogP contribution >= 0.6 is 0 Å². The number of imidazole rings is 2. The lowest BCUT2D eigenvalue weighted by molar-refractivity contribution is -0.633. The van der Waals surface area contributed by atoms with E-state index in [1.54, 1.807) is 0 Å². The summed E-state index contributed by atoms with van der Waals surface area (Å²) in [6.07, 6.45) is 2.16. The molecular weight excluding hydrogens is 442 g/mol. The summed E-state index contributed by atoms with van der Waals surface area (Å²) < 4.78 is 6.80. The van der Waals surface area contributed by atoms with Gasteiger partial charge in [-0.1, -0.05) is 42.5 Å². The zero-order valence-electron chi connectivity index (χ0n) is 20.8. The Morgan fingerprint density at radius 2 is 1.39 bits per heavy atom. The highest BCUT2D eigenvalue weighted by molar-refractivity contribution is 5.90. The Labute approximate surface area is 208 Å². The SMILES string of the molecule is Cc1cc2cn3c(nc2cc1-c1n(-c2c(C)cccc2C)c2ccccc2[n+]1C)nc1ccccc13. The molecule has 0 N–H and O–H groups in total. The summed E-state index contributed by atoms with van der Waals surface area (Å²) in [5.41, 5.74) is 11.5. The van der Waals surface area contributed by atoms with Crippen molar-refractivity contribution >= 4 is 38.7 Å². The second-order valence-corrected chi connectivity index (χ2v) is 9.68. The Morgan fingerprint density at radius 3 is 2.19 bits per heavy atom. The summed E-state index contributed by atoms with van der Waals surface area (Å²) in [6.45, 7) is 6.57. The van der Waals surface area contributed by atoms with Crippen molar-refractivity contribution in [3.05, 3.63) is 102 Å². The maximum absolute atomic E-state index is 5.00. The lowest BCUT2D eigenvalue weighted by atomic mass is 10.0. The standard InChI is InChI=1S/C31H26N5/c1-19-10-9-11-20(2)29(19)36-28-15-8-7-14-27(28)34(4)30(36)23-17-25-22(16-21(23)3)18-35-26-13-6-5-12-24(26)32-31(35)33-25/h5-18H,1-4H3/q+1. The molecule has 5 heteroatoms. The lowest BCUT2D eigenvalue weighted by Crippen LogP contribution is -2.30. The number of aryl methyl sites for hydroxylation is 4. The molecule has 7 rings (SSSR count). The molecule has 0 aliphatic heterocycles. The molecule has 0 fully saturated rings. The van der Waals surface area contributed by atoms with E-state index in [9.17, 15) is 0 Å². The lowest BCUT2D eigenvalue weighted by Gasteiger charge is -2.11. The smallest absolute Gasteiger partial charge is 0.283 e. The van der Waals surface area contributed by atoms with Crippen molar-refractivity contribution in [3.63, 3.8) is 0 Å². The molecule has 0 unspecified atom stereocenters. The average molecular weight is 469 g/mol. The number of rotatable bonds is 2. The van der Waals surface area contributed by atoms with Crippen molar-refractivity contribution in [1.29, 1.82) is 0 Å². The molecule has 7 aromatic rings. The number of para-hydroxylation sites is 5. The quantitative estimate of drug-likeness (QED) is 0.276. The van der Waals surface area contributed by atoms with E-state index >= 15 is 0 Å². The highest BCUT2D eigenvalue weighted by atomic mass is 15.2. The first kappa shape index (κ1) is 20.8. The van der Waals surface area contributed by atoms with Crippen LogP contribution in [0.4, 0.5) is 0 Å². The Bertz CT molecular complexity index is 1970. The van der Waals surface area contributed by atoms with Crippen LogP contribution in [0.2, 0.25) is 0 Å². The van der Waals surface area contributed by atoms with E-state index in [0.29, 0.717) is 0 Å². The van der Waals surface area contributed by atoms with E-state index in [1.165, 1.54) is 33.4 Å². The first-order valence-electron chi connectivity index (χ1n) is 12.3. The van der Waals surface area contributed by atoms with Crippen molar-refractivity contribution in [2.45, 2.75) is 20.8 Å². The van der Waals surface area contributed by atoms with E-state index in [-0.39, 0.29) is 0 Å². The Hall–Kier alpha value is -4.51. The summed E-state index contributed by atoms with van der Waals surface area (Å²) in [4.78, 5) is 9.77. The fourth-order valence-corrected chi connectivity index (χ4v) is 5.65. The maximum atomic E-state index is 5.00. The normalized spacial score (nSPS) is 11.9. The molecule has 0 aliphatic carbocycles. The summed E-state index contributed by atoms with van der Waals surface area (Å²) in [7, 11) is 2.16. The Balaban J connectivity index is 1.58. The van der Waals surface area contributed by atoms with Crippen molar-refractivity contribution in [1.82, 2.24) is 18.9 Å². The number of nitrogens with zero attached hydrogens (tertiary/aromatic N) is 5. The van der Waals surface area contributed by atoms with Crippen LogP contribution in [0.1, 0.15) is 16.7 Å². The third-order valence-electron chi connectivity index (χ3n) is 7.36. The second-order valence-electron chi connectivity index (χ2n) is 9.68. The van der Waals surface area contributed by atoms with Gasteiger partial charge in [-0.05, 0) is 73.9 Å². The largest absolute Gasteiger partial charge is 0.295 e. The average Bonchev–Trinajstić information content (AvgIpc) is 3.37. The molecule has 36 heavy (non-hydrogen) atoms. The van der Waals surface area contributed by atoms with Gasteiger partial charge in [0.15, 0.2) is 11.0 Å². The highest BCUT2D eigenvalue weighted by Gasteiger charge is 2.29. The molecule has 0 aliphatic rings. The number of hydrogen-bond acceptors (Lipinski definition) is 2. The van der Waals surface area contributed by atoms with Crippen LogP contribution in [0.3, 0.4) is 0 Å². The molecule has 174 valence electrons. The minimum absolute atomic E-state index is 0.721. The molecule has 3 aromatic heterocycles. The van der Waals surface area contributed by atoms with Gasteiger partial charge >= 0.3 is 0 Å². The van der Waals surface area contributed by atoms with Crippen molar-refractivity contribution in [2.24, 2.45) is 7.05 Å². The molecule has 4 aromatic carbocycles. The van der Waals surface area contributed by atoms with Gasteiger partial charge in [-0.15, -0.1) is 0 Å². The Morgan fingerprint density at radius 1 is 0.694 bits per heavy atom. The summed E-state index contributed by atoms with van der Waals surface area (Å²) in [5, 5.41) is 1.10. The number of fused-ring (bicyclic) bond motifs is 5. The summed E-state index contributed by atoms with van der Waals surface area (Å²) in [6, 6.07) is 27.8. The van der Waals surface area contributed by atoms with Gasteiger partial charge in [-0.3, -0.25) is 4.40 Å². The minimum atomic E-state index is 0.721. The van der Waals surface area contributed by atoms with Crippen LogP contribution < -0.4 is 4.57 Å². The van der Waals surface area contributed by atoms with Gasteiger partial charge in [0.2, 0.25) is 5.78 Å². The van der Waals surface area contributed by atoms with Gasteiger partial charge in [0.25, 0.3) is 5.82 Å². The van der Waals surface area contributed by atoms with Gasteiger partial charge in [0.05, 0.1) is 29.2 Å². The summed E-state index contributed by atoms with van der Waals surface area (Å²) >= 11 is 0. The molecule has 0 saturated heterocycles. The van der Waals surface area contributed by atoms with Crippen LogP contribution in [0, 0.1) is 20.8 Å². The van der Waals surface area contributed by atoms with E-state index in [4.69, 9.17) is 9.97 Å². The van der Waals surface area contributed by atoms with Crippen LogP contribution in [0.15, 0.2) is 85.1 Å². The zero-order valence-corrected chi connectivity index (χ0v) is 20.8. The monoisotopic (exact) mass is 468 g/mol. The van der Waals surface area contributed by atoms with Crippen LogP contribution in [-0.2, 0) is 7.05 Å². The maximum Gasteiger partial charge on any atom is 0.295 e. The second kappa shape index (κ2) is 7.49. The van der Waals surface area contributed by atoms with E-state index in [1.807, 2.05) is 18.2 Å². The van der Waals surface area contributed by atoms with E-state index < -0.39 is 0 Å². The topological polar surface area (TPSA) is 39.0 Å². The number of aromatic nitrogens is 5. The fourth-order valence-electron chi connectivity index (χ4n) is 5.65. The molecule has 5 nitrogen and oxygen atoms in total. The number of hydrogen-bond donors (Lipinski definition) is 0. The van der Waals surface area contributed by atoms with E-state index in [2.05, 4.69) is 108 Å². The van der Waals surface area contributed by atoms with Crippen molar-refractivity contribution < 1.29 is 4.57 Å². The first-order chi connectivity index (χ1) is 17.5. The molecule has 0 spiro atoms. The molecule has 0 radical (unpaired) electrons. The molecule has 0 amide bonds. The zero-order chi connectivity index (χ0) is 24.6. The highest BCUT2D eigenvalue weighted by Crippen LogP contribution is 2.34. The van der Waals surface area contributed by atoms with Gasteiger partial charge in [0.1, 0.15) is 5.69 Å². The predicted molar refractivity (Wildman–Crippen MR) is 146 cm³/mol. The third kappa shape index (κ3) is 2.86. The van der Waals surface area contributed by atoms with Crippen LogP contribution in [0.25, 0.3) is 55.8 Å². The molecule has 0 bridgehead atoms. The van der Waals surface area contributed by atoms with E-state index in [0.717, 1.165) is 39.1 Å². The molecule has 3 heterocycles. The third-order valence-corrected chi connectivity index (χ3v) is 7.36. The Kier molecular flexibility index (Phi) is 4.33. The minimum Gasteiger partial charge on any atom is -0.283 e. The van der Waals surface area contributed by atoms with Crippen LogP contribution in [0.5, 0.6) is 0 Å². The summed E-state index contributed by atoms with van der Waals surface area (Å²) in [5.74, 6) is 1.86. The van der Waals surface area contributed by atoms with Gasteiger partial charge < -0.3 is 0 Å². The number of benzene rings is 4. The molecular formula is C31H26N5+.